The fourth-order valence-electron chi connectivity index (χ4n) is 11.0. The highest BCUT2D eigenvalue weighted by molar-refractivity contribution is 6.02. The zero-order valence-corrected chi connectivity index (χ0v) is 40.1. The summed E-state index contributed by atoms with van der Waals surface area (Å²) in [5.41, 5.74) is 12.4. The van der Waals surface area contributed by atoms with E-state index >= 15 is 0 Å². The molecule has 9 nitrogen and oxygen atoms in total. The van der Waals surface area contributed by atoms with Crippen LogP contribution < -0.4 is 25.4 Å². The van der Waals surface area contributed by atoms with Crippen molar-refractivity contribution < 1.29 is 24.2 Å². The SMILES string of the molecule is CC.CCN1c2cc3c(cc2C(C)CC1(C)C)C(c1ccccc1C(=O)N(C)CCCC(=O)NCCCOC(C)(C)OCCCO)=c1cc2c4c(c1C3(C)C)CCC[N+]=4CCC2. The first-order chi connectivity index (χ1) is 29.6. The van der Waals surface area contributed by atoms with Gasteiger partial charge in [0.05, 0.1) is 13.2 Å². The lowest BCUT2D eigenvalue weighted by Crippen LogP contribution is -2.50. The van der Waals surface area contributed by atoms with E-state index in [9.17, 15) is 9.59 Å². The first kappa shape index (κ1) is 47.4. The van der Waals surface area contributed by atoms with E-state index in [0.29, 0.717) is 63.5 Å². The third kappa shape index (κ3) is 9.56. The number of benzene rings is 3. The molecule has 1 unspecified atom stereocenters. The van der Waals surface area contributed by atoms with Gasteiger partial charge in [0.2, 0.25) is 11.3 Å². The molecule has 3 aromatic rings. The number of anilines is 1. The zero-order valence-electron chi connectivity index (χ0n) is 40.1. The van der Waals surface area contributed by atoms with E-state index in [0.717, 1.165) is 50.9 Å². The summed E-state index contributed by atoms with van der Waals surface area (Å²) >= 11 is 0. The maximum absolute atomic E-state index is 14.7. The van der Waals surface area contributed by atoms with E-state index < -0.39 is 5.79 Å². The van der Waals surface area contributed by atoms with Crippen LogP contribution in [0.15, 0.2) is 42.5 Å². The van der Waals surface area contributed by atoms with Crippen LogP contribution in [0, 0.1) is 0 Å². The van der Waals surface area contributed by atoms with Gasteiger partial charge in [0.25, 0.3) is 5.91 Å². The van der Waals surface area contributed by atoms with Crippen molar-refractivity contribution in [3.63, 3.8) is 0 Å². The Morgan fingerprint density at radius 3 is 2.37 bits per heavy atom. The molecule has 2 amide bonds. The summed E-state index contributed by atoms with van der Waals surface area (Å²) in [5, 5.41) is 14.8. The van der Waals surface area contributed by atoms with Crippen LogP contribution in [0.3, 0.4) is 0 Å². The number of nitrogens with one attached hydrogen (secondary N) is 1. The minimum atomic E-state index is -0.739. The number of hydrogen-bond acceptors (Lipinski definition) is 6. The Balaban J connectivity index is 0.00000316. The topological polar surface area (TPSA) is 94.4 Å². The fourth-order valence-corrected chi connectivity index (χ4v) is 11.0. The van der Waals surface area contributed by atoms with Gasteiger partial charge in [0.15, 0.2) is 5.79 Å². The average molecular weight is 850 g/mol. The second-order valence-electron chi connectivity index (χ2n) is 19.4. The van der Waals surface area contributed by atoms with Crippen molar-refractivity contribution in [1.29, 1.82) is 0 Å². The second kappa shape index (κ2) is 19.8. The van der Waals surface area contributed by atoms with Crippen molar-refractivity contribution in [2.45, 2.75) is 150 Å². The van der Waals surface area contributed by atoms with E-state index in [-0.39, 0.29) is 29.4 Å². The molecule has 338 valence electrons. The number of fused-ring (bicyclic) bond motifs is 4. The van der Waals surface area contributed by atoms with Crippen molar-refractivity contribution in [1.82, 2.24) is 14.8 Å². The summed E-state index contributed by atoms with van der Waals surface area (Å²) in [6, 6.07) is 15.8. The fraction of sp³-hybridized carbons (Fsp3) is 0.604. The van der Waals surface area contributed by atoms with Crippen LogP contribution in [0.4, 0.5) is 5.69 Å². The Morgan fingerprint density at radius 2 is 1.66 bits per heavy atom. The van der Waals surface area contributed by atoms with Crippen LogP contribution in [0.1, 0.15) is 169 Å². The molecule has 3 heterocycles. The molecule has 3 aromatic carbocycles. The summed E-state index contributed by atoms with van der Waals surface area (Å²) in [6.07, 6.45) is 7.70. The third-order valence-electron chi connectivity index (χ3n) is 13.7. The van der Waals surface area contributed by atoms with Crippen molar-refractivity contribution in [2.24, 2.45) is 0 Å². The number of ether oxygens (including phenoxy) is 2. The van der Waals surface area contributed by atoms with Gasteiger partial charge in [0.1, 0.15) is 13.1 Å². The average Bonchev–Trinajstić information content (AvgIpc) is 3.24. The highest BCUT2D eigenvalue weighted by Crippen LogP contribution is 2.50. The molecule has 0 bridgehead atoms. The predicted molar refractivity (Wildman–Crippen MR) is 253 cm³/mol. The Bertz CT molecular complexity index is 2240. The Kier molecular flexibility index (Phi) is 15.1. The molecular weight excluding hydrogens is 773 g/mol. The Labute approximate surface area is 372 Å². The number of carbonyl (C=O) groups excluding carboxylic acids is 2. The number of nitrogens with zero attached hydrogens (tertiary/aromatic N) is 3. The van der Waals surface area contributed by atoms with Gasteiger partial charge in [-0.3, -0.25) is 9.59 Å². The minimum absolute atomic E-state index is 0.0249. The minimum Gasteiger partial charge on any atom is -0.396 e. The molecule has 7 rings (SSSR count). The molecule has 0 radical (unpaired) electrons. The third-order valence-corrected chi connectivity index (χ3v) is 13.7. The molecule has 1 aliphatic carbocycles. The smallest absolute Gasteiger partial charge is 0.254 e. The lowest BCUT2D eigenvalue weighted by Gasteiger charge is -2.48. The number of aliphatic hydroxyl groups is 1. The second-order valence-corrected chi connectivity index (χ2v) is 19.4. The van der Waals surface area contributed by atoms with Gasteiger partial charge in [-0.25, -0.2) is 4.58 Å². The number of aliphatic hydroxyl groups excluding tert-OH is 1. The van der Waals surface area contributed by atoms with E-state index in [1.165, 1.54) is 61.6 Å². The van der Waals surface area contributed by atoms with Crippen molar-refractivity contribution in [3.05, 3.63) is 97.5 Å². The maximum Gasteiger partial charge on any atom is 0.254 e. The summed E-state index contributed by atoms with van der Waals surface area (Å²) in [7, 11) is 1.86. The number of carbonyl (C=O) groups is 2. The van der Waals surface area contributed by atoms with Crippen LogP contribution in [-0.4, -0.2) is 92.7 Å². The molecule has 0 spiro atoms. The normalized spacial score (nSPS) is 18.1. The highest BCUT2D eigenvalue weighted by atomic mass is 16.7. The van der Waals surface area contributed by atoms with E-state index in [4.69, 9.17) is 14.6 Å². The molecule has 0 saturated carbocycles. The summed E-state index contributed by atoms with van der Waals surface area (Å²) in [5.74, 6) is -0.396. The lowest BCUT2D eigenvalue weighted by molar-refractivity contribution is -0.214. The molecule has 3 aliphatic heterocycles. The van der Waals surface area contributed by atoms with Gasteiger partial charge >= 0.3 is 0 Å². The first-order valence-electron chi connectivity index (χ1n) is 23.9. The predicted octanol–water partition coefficient (Wildman–Crippen LogP) is 7.61. The molecule has 0 saturated heterocycles. The monoisotopic (exact) mass is 850 g/mol. The molecule has 1 atom stereocenters. The van der Waals surface area contributed by atoms with E-state index in [2.05, 4.69) is 86.7 Å². The Morgan fingerprint density at radius 1 is 0.968 bits per heavy atom. The molecular formula is C53H77N4O5+. The van der Waals surface area contributed by atoms with Gasteiger partial charge in [0, 0.05) is 85.9 Å². The number of rotatable bonds is 16. The highest BCUT2D eigenvalue weighted by Gasteiger charge is 2.43. The van der Waals surface area contributed by atoms with Crippen LogP contribution in [0.2, 0.25) is 0 Å². The largest absolute Gasteiger partial charge is 0.396 e. The van der Waals surface area contributed by atoms with Gasteiger partial charge in [-0.05, 0) is 142 Å². The van der Waals surface area contributed by atoms with Gasteiger partial charge < -0.3 is 29.7 Å². The van der Waals surface area contributed by atoms with E-state index in [1.54, 1.807) is 4.90 Å². The zero-order chi connectivity index (χ0) is 45.0. The van der Waals surface area contributed by atoms with Gasteiger partial charge in [-0.1, -0.05) is 52.8 Å². The standard InChI is InChI=1S/C51H70N4O5.C2H6/c1-10-55-43-32-42-40(31-39(43)34(2)33-49(55,3)4)45(41-30-35-18-13-25-54-26-14-21-38(47(35)54)46(41)50(42,5)6)36-19-11-12-20-37(36)48(58)53(9)24-15-22-44(57)52-23-16-28-59-51(7,8)60-29-17-27-56;1-2/h11-12,19-20,30-32,34,56H,10,13-18,21-29,33H2,1-9H3;1-2H3/p+1. The van der Waals surface area contributed by atoms with Crippen molar-refractivity contribution in [3.8, 4) is 0 Å². The maximum atomic E-state index is 14.7. The van der Waals surface area contributed by atoms with Gasteiger partial charge in [-0.15, -0.1) is 0 Å². The van der Waals surface area contributed by atoms with Crippen LogP contribution in [0.25, 0.3) is 5.57 Å². The summed E-state index contributed by atoms with van der Waals surface area (Å²) < 4.78 is 14.1. The Hall–Kier alpha value is -4.05. The van der Waals surface area contributed by atoms with E-state index in [1.807, 2.05) is 46.9 Å². The van der Waals surface area contributed by atoms with Gasteiger partial charge in [-0.2, -0.15) is 0 Å². The summed E-state index contributed by atoms with van der Waals surface area (Å²) in [4.78, 5) is 31.9. The molecule has 9 heteroatoms. The number of hydrogen-bond donors (Lipinski definition) is 2. The van der Waals surface area contributed by atoms with Crippen LogP contribution >= 0.6 is 0 Å². The lowest BCUT2D eigenvalue weighted by atomic mass is 9.64. The van der Waals surface area contributed by atoms with Crippen molar-refractivity contribution >= 4 is 23.1 Å². The first-order valence-corrected chi connectivity index (χ1v) is 23.9. The molecule has 0 aromatic heterocycles. The van der Waals surface area contributed by atoms with Crippen LogP contribution in [-0.2, 0) is 32.5 Å². The van der Waals surface area contributed by atoms with Crippen LogP contribution in [0.5, 0.6) is 0 Å². The number of aryl methyl sites for hydroxylation is 1. The summed E-state index contributed by atoms with van der Waals surface area (Å²) in [6.45, 7) is 27.2. The quantitative estimate of drug-likeness (QED) is 0.0877. The molecule has 0 fully saturated rings. The molecule has 2 N–H and O–H groups in total. The molecule has 4 aliphatic rings. The van der Waals surface area contributed by atoms with Crippen molar-refractivity contribution in [2.75, 3.05) is 64.5 Å². The number of amides is 2. The molecule has 62 heavy (non-hydrogen) atoms.